The molecular weight excluding hydrogens is 234 g/mol. The fourth-order valence-corrected chi connectivity index (χ4v) is 1.27. The van der Waals surface area contributed by atoms with Crippen LogP contribution in [0.15, 0.2) is 6.07 Å². The highest BCUT2D eigenvalue weighted by Crippen LogP contribution is 2.00. The molecule has 0 aromatic carbocycles. The van der Waals surface area contributed by atoms with Crippen molar-refractivity contribution in [2.75, 3.05) is 11.9 Å². The lowest BCUT2D eigenvalue weighted by Crippen LogP contribution is -2.27. The molecule has 1 amide bonds. The van der Waals surface area contributed by atoms with Crippen LogP contribution in [0.1, 0.15) is 16.2 Å². The van der Waals surface area contributed by atoms with Crippen molar-refractivity contribution in [3.8, 4) is 0 Å². The number of carbonyl (C=O) groups is 1. The Labute approximate surface area is 85.4 Å². The highest BCUT2D eigenvalue weighted by Gasteiger charge is 2.09. The summed E-state index contributed by atoms with van der Waals surface area (Å²) in [5, 5.41) is 7.60. The van der Waals surface area contributed by atoms with Gasteiger partial charge in [-0.1, -0.05) is 15.9 Å². The van der Waals surface area contributed by atoms with Crippen LogP contribution in [0.4, 0.5) is 0 Å². The molecule has 13 heavy (non-hydrogen) atoms. The highest BCUT2D eigenvalue weighted by molar-refractivity contribution is 9.09. The summed E-state index contributed by atoms with van der Waals surface area (Å²) in [5.74, 6) is -0.0810. The number of aromatic nitrogens is 2. The van der Waals surface area contributed by atoms with E-state index in [0.717, 1.165) is 11.0 Å². The van der Waals surface area contributed by atoms with Gasteiger partial charge in [0.2, 0.25) is 0 Å². The van der Waals surface area contributed by atoms with E-state index in [2.05, 4.69) is 26.3 Å². The summed E-state index contributed by atoms with van der Waals surface area (Å²) in [6, 6.07) is 1.77. The summed E-state index contributed by atoms with van der Waals surface area (Å²) in [6.45, 7) is 2.49. The maximum atomic E-state index is 11.4. The van der Waals surface area contributed by atoms with Crippen LogP contribution < -0.4 is 5.32 Å². The van der Waals surface area contributed by atoms with E-state index in [9.17, 15) is 4.79 Å². The first-order chi connectivity index (χ1) is 6.15. The largest absolute Gasteiger partial charge is 0.350 e. The molecule has 0 unspecified atom stereocenters. The van der Waals surface area contributed by atoms with E-state index in [1.54, 1.807) is 17.8 Å². The van der Waals surface area contributed by atoms with Crippen LogP contribution in [0.25, 0.3) is 0 Å². The molecule has 0 fully saturated rings. The van der Waals surface area contributed by atoms with Gasteiger partial charge in [-0.15, -0.1) is 0 Å². The second-order valence-corrected chi connectivity index (χ2v) is 3.53. The van der Waals surface area contributed by atoms with Gasteiger partial charge in [0, 0.05) is 18.9 Å². The first-order valence-corrected chi connectivity index (χ1v) is 5.12. The first kappa shape index (κ1) is 10.2. The zero-order chi connectivity index (χ0) is 9.84. The summed E-state index contributed by atoms with van der Waals surface area (Å²) in [7, 11) is 1.76. The topological polar surface area (TPSA) is 46.9 Å². The standard InChI is InChI=1S/C8H12BrN3O/c1-6-5-7(12(2)11-6)8(13)10-4-3-9/h5H,3-4H2,1-2H3,(H,10,13). The minimum absolute atomic E-state index is 0.0810. The Morgan fingerprint density at radius 1 is 1.77 bits per heavy atom. The smallest absolute Gasteiger partial charge is 0.269 e. The van der Waals surface area contributed by atoms with Crippen molar-refractivity contribution in [2.45, 2.75) is 6.92 Å². The molecular formula is C8H12BrN3O. The van der Waals surface area contributed by atoms with Gasteiger partial charge < -0.3 is 5.32 Å². The molecule has 0 atom stereocenters. The van der Waals surface area contributed by atoms with Gasteiger partial charge in [-0.25, -0.2) is 0 Å². The Morgan fingerprint density at radius 3 is 2.92 bits per heavy atom. The van der Waals surface area contributed by atoms with Crippen molar-refractivity contribution in [1.29, 1.82) is 0 Å². The van der Waals surface area contributed by atoms with E-state index in [1.165, 1.54) is 0 Å². The highest BCUT2D eigenvalue weighted by atomic mass is 79.9. The van der Waals surface area contributed by atoms with Crippen LogP contribution in [-0.4, -0.2) is 27.6 Å². The molecule has 1 aromatic rings. The van der Waals surface area contributed by atoms with Crippen LogP contribution >= 0.6 is 15.9 Å². The molecule has 0 saturated carbocycles. The van der Waals surface area contributed by atoms with Gasteiger partial charge >= 0.3 is 0 Å². The number of carbonyl (C=O) groups excluding carboxylic acids is 1. The molecule has 1 heterocycles. The quantitative estimate of drug-likeness (QED) is 0.804. The molecule has 0 aliphatic carbocycles. The zero-order valence-corrected chi connectivity index (χ0v) is 9.26. The maximum absolute atomic E-state index is 11.4. The number of halogens is 1. The normalized spacial score (nSPS) is 10.1. The molecule has 0 aliphatic heterocycles. The van der Waals surface area contributed by atoms with Gasteiger partial charge in [-0.05, 0) is 13.0 Å². The number of rotatable bonds is 3. The Morgan fingerprint density at radius 2 is 2.46 bits per heavy atom. The summed E-state index contributed by atoms with van der Waals surface area (Å²) in [5.41, 5.74) is 1.45. The number of alkyl halides is 1. The van der Waals surface area contributed by atoms with Crippen molar-refractivity contribution in [3.05, 3.63) is 17.5 Å². The molecule has 0 saturated heterocycles. The number of aryl methyl sites for hydroxylation is 2. The lowest BCUT2D eigenvalue weighted by atomic mass is 10.3. The van der Waals surface area contributed by atoms with Crippen molar-refractivity contribution < 1.29 is 4.79 Å². The summed E-state index contributed by atoms with van der Waals surface area (Å²) in [6.07, 6.45) is 0. The maximum Gasteiger partial charge on any atom is 0.269 e. The van der Waals surface area contributed by atoms with Crippen LogP contribution in [0.5, 0.6) is 0 Å². The second-order valence-electron chi connectivity index (χ2n) is 2.74. The van der Waals surface area contributed by atoms with E-state index in [4.69, 9.17) is 0 Å². The van der Waals surface area contributed by atoms with Crippen molar-refractivity contribution in [1.82, 2.24) is 15.1 Å². The van der Waals surface area contributed by atoms with Crippen LogP contribution in [0.3, 0.4) is 0 Å². The Bertz CT molecular complexity index is 308. The molecule has 1 aromatic heterocycles. The number of nitrogens with zero attached hydrogens (tertiary/aromatic N) is 2. The second kappa shape index (κ2) is 4.41. The predicted molar refractivity (Wildman–Crippen MR) is 54.1 cm³/mol. The fourth-order valence-electron chi connectivity index (χ4n) is 1.07. The van der Waals surface area contributed by atoms with Crippen LogP contribution in [-0.2, 0) is 7.05 Å². The van der Waals surface area contributed by atoms with E-state index >= 15 is 0 Å². The lowest BCUT2D eigenvalue weighted by molar-refractivity contribution is 0.0947. The van der Waals surface area contributed by atoms with Crippen molar-refractivity contribution in [2.24, 2.45) is 7.05 Å². The van der Waals surface area contributed by atoms with E-state index in [-0.39, 0.29) is 5.91 Å². The van der Waals surface area contributed by atoms with E-state index in [1.807, 2.05) is 6.92 Å². The van der Waals surface area contributed by atoms with Gasteiger partial charge in [0.15, 0.2) is 0 Å². The van der Waals surface area contributed by atoms with E-state index < -0.39 is 0 Å². The molecule has 72 valence electrons. The third-order valence-electron chi connectivity index (χ3n) is 1.61. The monoisotopic (exact) mass is 245 g/mol. The number of amides is 1. The van der Waals surface area contributed by atoms with Crippen molar-refractivity contribution >= 4 is 21.8 Å². The Balaban J connectivity index is 2.70. The number of hydrogen-bond acceptors (Lipinski definition) is 2. The minimum Gasteiger partial charge on any atom is -0.350 e. The third-order valence-corrected chi connectivity index (χ3v) is 2.01. The number of nitrogens with one attached hydrogen (secondary N) is 1. The zero-order valence-electron chi connectivity index (χ0n) is 7.67. The molecule has 4 nitrogen and oxygen atoms in total. The van der Waals surface area contributed by atoms with Gasteiger partial charge in [-0.3, -0.25) is 9.48 Å². The molecule has 0 bridgehead atoms. The minimum atomic E-state index is -0.0810. The van der Waals surface area contributed by atoms with Crippen LogP contribution in [0, 0.1) is 6.92 Å². The van der Waals surface area contributed by atoms with Crippen molar-refractivity contribution in [3.63, 3.8) is 0 Å². The predicted octanol–water partition coefficient (Wildman–Crippen LogP) is 0.853. The van der Waals surface area contributed by atoms with Crippen LogP contribution in [0.2, 0.25) is 0 Å². The lowest BCUT2D eigenvalue weighted by Gasteiger charge is -2.01. The molecule has 5 heteroatoms. The third kappa shape index (κ3) is 2.55. The first-order valence-electron chi connectivity index (χ1n) is 4.00. The van der Waals surface area contributed by atoms with Gasteiger partial charge in [0.05, 0.1) is 5.69 Å². The van der Waals surface area contributed by atoms with Gasteiger partial charge in [-0.2, -0.15) is 5.10 Å². The van der Waals surface area contributed by atoms with E-state index in [0.29, 0.717) is 12.2 Å². The fraction of sp³-hybridized carbons (Fsp3) is 0.500. The van der Waals surface area contributed by atoms with Gasteiger partial charge in [0.25, 0.3) is 5.91 Å². The molecule has 0 radical (unpaired) electrons. The summed E-state index contributed by atoms with van der Waals surface area (Å²) in [4.78, 5) is 11.4. The average Bonchev–Trinajstić information content (AvgIpc) is 2.41. The molecule has 0 spiro atoms. The summed E-state index contributed by atoms with van der Waals surface area (Å²) < 4.78 is 1.58. The number of hydrogen-bond donors (Lipinski definition) is 1. The molecule has 1 N–H and O–H groups in total. The molecule has 0 aliphatic rings. The van der Waals surface area contributed by atoms with Gasteiger partial charge in [0.1, 0.15) is 5.69 Å². The average molecular weight is 246 g/mol. The summed E-state index contributed by atoms with van der Waals surface area (Å²) >= 11 is 3.24. The Hall–Kier alpha value is -0.840. The Kier molecular flexibility index (Phi) is 3.48. The SMILES string of the molecule is Cc1cc(C(=O)NCCBr)n(C)n1. The molecule has 1 rings (SSSR count).